The first-order valence-electron chi connectivity index (χ1n) is 40.2. The Balaban J connectivity index is 0.937. The third kappa shape index (κ3) is 22.6. The van der Waals surface area contributed by atoms with E-state index in [-0.39, 0.29) is 12.8 Å². The van der Waals surface area contributed by atoms with Gasteiger partial charge in [-0.1, -0.05) is 27.7 Å². The lowest BCUT2D eigenvalue weighted by Crippen LogP contribution is -2.70. The molecule has 10 aliphatic rings. The van der Waals surface area contributed by atoms with Crippen LogP contribution in [0.15, 0.2) is 0 Å². The van der Waals surface area contributed by atoms with Crippen LogP contribution in [0.3, 0.4) is 0 Å². The predicted molar refractivity (Wildman–Crippen MR) is 383 cm³/mol. The summed E-state index contributed by atoms with van der Waals surface area (Å²) < 4.78 is 114. The van der Waals surface area contributed by atoms with E-state index in [2.05, 4.69) is 15.5 Å². The predicted octanol–water partition coefficient (Wildman–Crippen LogP) is -17.0. The average molecular weight is 1790 g/mol. The maximum Gasteiger partial charge on any atom is 0.217 e. The number of amides is 2. The van der Waals surface area contributed by atoms with Crippen LogP contribution in [0.5, 0.6) is 0 Å². The monoisotopic (exact) mass is 1790 g/mol. The number of nitrogens with one attached hydrogen (secondary N) is 2. The van der Waals surface area contributed by atoms with E-state index >= 15 is 0 Å². The second kappa shape index (κ2) is 44.8. The van der Waals surface area contributed by atoms with E-state index < -0.39 is 390 Å². The molecular weight excluding hydrogens is 1660 g/mol. The van der Waals surface area contributed by atoms with Crippen LogP contribution < -0.4 is 10.6 Å². The topological polar surface area (TPSA) is 789 Å². The van der Waals surface area contributed by atoms with Gasteiger partial charge in [0.15, 0.2) is 56.6 Å². The molecule has 51 nitrogen and oxygen atoms in total. The molecule has 50 atom stereocenters. The summed E-state index contributed by atoms with van der Waals surface area (Å²) in [4.78, 5) is 30.3. The third-order valence-corrected chi connectivity index (χ3v) is 23.6. The standard InChI is InChI=1S/C71H122N2O49/c1-19(2)57-37(72-22(5)81)46(91)59(30(13-78)107-57)116-65-38(73-23(6)82)47(92)60(32(15-80)112-65)118-70-56(101)62(45(90)35(115-70)18-105-67-55(100)61(119-68-53(98)49(94)41(86)28(11-76)109-68)44(89)34(113-67)17-104-66-52(97)48(93)40(85)27(10-75)108-66)120-71-63(51(96)42(87)29(12-77)110-71)121-64-21(4)39(84)58(31(14-79)111-64)117-69-54(99)50(95)43(88)33(114-69)16-103-36-8-26(122-102)20(3)25(106-36)7-24(83)9-74/h19-21,24-71,74-80,83-102H,7-18H2,1-6H3,(H,72,81)(H,73,82)/t20-,21?,24?,25?,26+,27?,28-,29?,30?,31?,32?,33?,34?,35?,36-,37?,38?,39+,40+,41+,42+,43-,44+,45+,46+,47+,48-,49?,50-,51-,52?,53?,54?,55?,56?,57-,58+,59+,60+,61-,62-,63?,64-,65-,66-,67-,68+,69-,70-,71+/m0/s1. The Hall–Kier alpha value is -2.94. The zero-order valence-corrected chi connectivity index (χ0v) is 67.0. The molecule has 20 unspecified atom stereocenters. The molecule has 0 bridgehead atoms. The molecule has 0 aliphatic carbocycles. The summed E-state index contributed by atoms with van der Waals surface area (Å²) in [5.74, 6) is -3.91. The molecule has 122 heavy (non-hydrogen) atoms. The fourth-order valence-electron chi connectivity index (χ4n) is 16.4. The zero-order valence-electron chi connectivity index (χ0n) is 67.0. The van der Waals surface area contributed by atoms with Gasteiger partial charge in [-0.05, 0) is 5.92 Å². The minimum atomic E-state index is -2.53. The number of carbonyl (C=O) groups is 2. The van der Waals surface area contributed by atoms with Gasteiger partial charge in [-0.2, -0.15) is 0 Å². The van der Waals surface area contributed by atoms with Crippen molar-refractivity contribution in [2.45, 2.75) is 349 Å². The highest BCUT2D eigenvalue weighted by Gasteiger charge is 2.61. The summed E-state index contributed by atoms with van der Waals surface area (Å²) in [7, 11) is 0. The van der Waals surface area contributed by atoms with E-state index in [4.69, 9.17) is 90.0 Å². The Morgan fingerprint density at radius 3 is 1.18 bits per heavy atom. The van der Waals surface area contributed by atoms with Gasteiger partial charge in [0.1, 0.15) is 207 Å². The molecule has 0 aromatic carbocycles. The first-order chi connectivity index (χ1) is 57.8. The van der Waals surface area contributed by atoms with Gasteiger partial charge in [-0.25, -0.2) is 4.89 Å². The van der Waals surface area contributed by atoms with Crippen molar-refractivity contribution in [2.24, 2.45) is 17.8 Å². The number of aliphatic hydroxyl groups excluding tert-OH is 26. The summed E-state index contributed by atoms with van der Waals surface area (Å²) in [6.45, 7) is -1.14. The van der Waals surface area contributed by atoms with E-state index in [1.54, 1.807) is 20.8 Å². The van der Waals surface area contributed by atoms with Gasteiger partial charge in [0.05, 0.1) is 96.5 Å². The molecular formula is C71H122N2O49. The Labute approximate surface area is 695 Å². The van der Waals surface area contributed by atoms with Crippen LogP contribution in [0.2, 0.25) is 0 Å². The van der Waals surface area contributed by atoms with Crippen LogP contribution in [0, 0.1) is 17.8 Å². The fraction of sp³-hybridized carbons (Fsp3) is 0.972. The SMILES string of the molecule is CC(=O)NC1[C@H](O[C@@H]2C(CO)O[C@@H](C(C)C)C(NC(C)=O)[C@H]2O)OC(CO)[C@@H](O[C@@H]2OC(CO[C@H]3OC(CO[C@H]4OC(CO)[C@@H](O)[C@H](O)C4O)[C@@H](O)[C@H](O[C@H]4O[C@@H](CO)[C@@H](O)C(O)C4O)C3O)[C@@H](O)[C@H](O[C@H]3OC(CO)[C@@H](O)[C@H](O)C3O[C@@H]3OC(CO)[C@@H](O[C@@H]4OC(CO[C@@H]5C[C@@H](OO)[C@@H](C)C(CC(O)CO)O5)[C@H](O)[C@H](O)C4O)[C@H](O)C3C)C2O)[C@@H]1O. The number of carbonyl (C=O) groups excluding carboxylic acids is 2. The number of rotatable bonds is 34. The molecule has 2 amide bonds. The molecule has 10 saturated heterocycles. The van der Waals surface area contributed by atoms with Gasteiger partial charge in [0, 0.05) is 38.5 Å². The summed E-state index contributed by atoms with van der Waals surface area (Å²) in [5, 5.41) is 305. The van der Waals surface area contributed by atoms with E-state index in [1.165, 1.54) is 6.92 Å². The molecule has 0 aromatic rings. The molecule has 10 heterocycles. The first kappa shape index (κ1) is 101. The third-order valence-electron chi connectivity index (χ3n) is 23.6. The van der Waals surface area contributed by atoms with Crippen molar-refractivity contribution in [1.82, 2.24) is 10.6 Å². The second-order valence-electron chi connectivity index (χ2n) is 32.5. The number of hydrogen-bond donors (Lipinski definition) is 29. The lowest BCUT2D eigenvalue weighted by molar-refractivity contribution is -0.400. The van der Waals surface area contributed by atoms with Gasteiger partial charge >= 0.3 is 0 Å². The molecule has 0 spiro atoms. The maximum absolute atomic E-state index is 13.1. The van der Waals surface area contributed by atoms with Crippen molar-refractivity contribution in [1.29, 1.82) is 0 Å². The summed E-state index contributed by atoms with van der Waals surface area (Å²) in [6.07, 6.45) is -88.6. The smallest absolute Gasteiger partial charge is 0.217 e. The van der Waals surface area contributed by atoms with Crippen LogP contribution in [0.25, 0.3) is 0 Å². The highest BCUT2D eigenvalue weighted by molar-refractivity contribution is 5.73. The summed E-state index contributed by atoms with van der Waals surface area (Å²) in [6, 6.07) is -3.07. The van der Waals surface area contributed by atoms with Crippen LogP contribution >= 0.6 is 0 Å². The van der Waals surface area contributed by atoms with Crippen molar-refractivity contribution in [3.05, 3.63) is 0 Å². The average Bonchev–Trinajstić information content (AvgIpc) is 0.762. The van der Waals surface area contributed by atoms with Crippen LogP contribution in [-0.4, -0.2) is 510 Å². The van der Waals surface area contributed by atoms with Crippen LogP contribution in [-0.2, 0) is 104 Å². The zero-order chi connectivity index (χ0) is 89.6. The minimum absolute atomic E-state index is 0.116. The Bertz CT molecular complexity index is 3160. The Morgan fingerprint density at radius 2 is 0.689 bits per heavy atom. The van der Waals surface area contributed by atoms with Crippen molar-refractivity contribution >= 4 is 11.8 Å². The minimum Gasteiger partial charge on any atom is -0.394 e. The lowest BCUT2D eigenvalue weighted by atomic mass is 9.87. The molecule has 10 fully saturated rings. The highest BCUT2D eigenvalue weighted by atomic mass is 17.1. The summed E-state index contributed by atoms with van der Waals surface area (Å²) >= 11 is 0. The molecule has 710 valence electrons. The molecule has 0 aromatic heterocycles. The normalized spacial score (nSPS) is 49.5. The van der Waals surface area contributed by atoms with Crippen LogP contribution in [0.4, 0.5) is 0 Å². The number of ether oxygens (including phenoxy) is 19. The Kier molecular flexibility index (Phi) is 37.1. The van der Waals surface area contributed by atoms with Gasteiger partial charge in [0.25, 0.3) is 0 Å². The molecule has 29 N–H and O–H groups in total. The number of hydrogen-bond acceptors (Lipinski definition) is 49. The first-order valence-corrected chi connectivity index (χ1v) is 40.2. The van der Waals surface area contributed by atoms with Gasteiger partial charge in [0.2, 0.25) is 11.8 Å². The molecule has 0 radical (unpaired) electrons. The van der Waals surface area contributed by atoms with Crippen molar-refractivity contribution < 1.29 is 243 Å². The van der Waals surface area contributed by atoms with Crippen molar-refractivity contribution in [3.63, 3.8) is 0 Å². The lowest BCUT2D eigenvalue weighted by Gasteiger charge is -2.51. The van der Waals surface area contributed by atoms with Gasteiger partial charge < -0.3 is 233 Å². The van der Waals surface area contributed by atoms with Gasteiger partial charge in [-0.15, -0.1) is 0 Å². The van der Waals surface area contributed by atoms with Gasteiger partial charge in [-0.3, -0.25) is 14.8 Å². The largest absolute Gasteiger partial charge is 0.394 e. The molecule has 51 heteroatoms. The van der Waals surface area contributed by atoms with Crippen LogP contribution in [0.1, 0.15) is 54.4 Å². The van der Waals surface area contributed by atoms with E-state index in [0.29, 0.717) is 0 Å². The highest BCUT2D eigenvalue weighted by Crippen LogP contribution is 2.42. The van der Waals surface area contributed by atoms with Crippen molar-refractivity contribution in [2.75, 3.05) is 66.1 Å². The molecule has 10 aliphatic heterocycles. The summed E-state index contributed by atoms with van der Waals surface area (Å²) in [5.41, 5.74) is 0. The molecule has 0 saturated carbocycles. The van der Waals surface area contributed by atoms with Crippen molar-refractivity contribution in [3.8, 4) is 0 Å². The van der Waals surface area contributed by atoms with E-state index in [0.717, 1.165) is 13.8 Å². The number of aliphatic hydroxyl groups is 26. The quantitative estimate of drug-likeness (QED) is 0.0210. The molecule has 10 rings (SSSR count). The van der Waals surface area contributed by atoms with E-state index in [1.807, 2.05) is 0 Å². The maximum atomic E-state index is 13.1. The van der Waals surface area contributed by atoms with E-state index in [9.17, 15) is 148 Å². The Morgan fingerprint density at radius 1 is 0.336 bits per heavy atom. The fourth-order valence-corrected chi connectivity index (χ4v) is 16.4. The second-order valence-corrected chi connectivity index (χ2v) is 32.5.